The quantitative estimate of drug-likeness (QED) is 0.901. The molecule has 1 aliphatic rings. The van der Waals surface area contributed by atoms with Crippen LogP contribution in [0.25, 0.3) is 0 Å². The smallest absolute Gasteiger partial charge is 0.0731 e. The molecule has 1 aliphatic heterocycles. The molecule has 2 nitrogen and oxygen atoms in total. The van der Waals surface area contributed by atoms with E-state index in [1.54, 1.807) is 11.3 Å². The van der Waals surface area contributed by atoms with Crippen LogP contribution in [0, 0.1) is 0 Å². The topological polar surface area (TPSA) is 35.2 Å². The molecule has 0 spiro atoms. The van der Waals surface area contributed by atoms with Crippen LogP contribution in [0.3, 0.4) is 0 Å². The Hall–Kier alpha value is 0.1000. The molecule has 0 aromatic carbocycles. The van der Waals surface area contributed by atoms with Crippen LogP contribution in [-0.2, 0) is 11.2 Å². The third-order valence-electron chi connectivity index (χ3n) is 2.72. The van der Waals surface area contributed by atoms with Crippen molar-refractivity contribution in [2.24, 2.45) is 5.73 Å². The minimum Gasteiger partial charge on any atom is -0.381 e. The third-order valence-corrected chi connectivity index (χ3v) is 4.54. The van der Waals surface area contributed by atoms with Crippen LogP contribution in [0.1, 0.15) is 18.4 Å². The van der Waals surface area contributed by atoms with Gasteiger partial charge in [0.15, 0.2) is 0 Å². The van der Waals surface area contributed by atoms with Gasteiger partial charge in [0.2, 0.25) is 0 Å². The summed E-state index contributed by atoms with van der Waals surface area (Å²) in [7, 11) is 0. The summed E-state index contributed by atoms with van der Waals surface area (Å²) in [6, 6.07) is 2.15. The van der Waals surface area contributed by atoms with Gasteiger partial charge in [0.1, 0.15) is 0 Å². The Labute approximate surface area is 96.6 Å². The molecule has 78 valence electrons. The second kappa shape index (κ2) is 4.31. The molecule has 1 fully saturated rings. The van der Waals surface area contributed by atoms with Crippen molar-refractivity contribution in [1.29, 1.82) is 0 Å². The highest BCUT2D eigenvalue weighted by Gasteiger charge is 2.28. The van der Waals surface area contributed by atoms with E-state index >= 15 is 0 Å². The second-order valence-electron chi connectivity index (χ2n) is 3.87. The lowest BCUT2D eigenvalue weighted by molar-refractivity contribution is 0.0533. The average molecular weight is 276 g/mol. The van der Waals surface area contributed by atoms with Crippen molar-refractivity contribution in [2.45, 2.75) is 24.8 Å². The van der Waals surface area contributed by atoms with E-state index < -0.39 is 0 Å². The van der Waals surface area contributed by atoms with Crippen molar-refractivity contribution in [3.63, 3.8) is 0 Å². The van der Waals surface area contributed by atoms with Crippen LogP contribution >= 0.6 is 27.3 Å². The maximum absolute atomic E-state index is 6.32. The number of ether oxygens (including phenoxy) is 1. The zero-order valence-corrected chi connectivity index (χ0v) is 10.4. The molecule has 0 atom stereocenters. The molecule has 14 heavy (non-hydrogen) atoms. The predicted molar refractivity (Wildman–Crippen MR) is 62.7 cm³/mol. The lowest BCUT2D eigenvalue weighted by Gasteiger charge is -2.33. The Kier molecular flexibility index (Phi) is 3.27. The number of rotatable bonds is 2. The van der Waals surface area contributed by atoms with Gasteiger partial charge in [-0.25, -0.2) is 0 Å². The molecule has 2 N–H and O–H groups in total. The van der Waals surface area contributed by atoms with Crippen molar-refractivity contribution >= 4 is 27.3 Å². The number of nitrogens with two attached hydrogens (primary N) is 1. The molecule has 0 bridgehead atoms. The van der Waals surface area contributed by atoms with Gasteiger partial charge in [0.05, 0.1) is 3.79 Å². The Morgan fingerprint density at radius 1 is 1.50 bits per heavy atom. The fourth-order valence-electron chi connectivity index (χ4n) is 1.78. The Morgan fingerprint density at radius 3 is 2.79 bits per heavy atom. The van der Waals surface area contributed by atoms with E-state index in [0.717, 1.165) is 32.5 Å². The summed E-state index contributed by atoms with van der Waals surface area (Å²) >= 11 is 5.27. The summed E-state index contributed by atoms with van der Waals surface area (Å²) in [5.41, 5.74) is 7.60. The first-order valence-electron chi connectivity index (χ1n) is 4.78. The lowest BCUT2D eigenvalue weighted by Crippen LogP contribution is -2.46. The molecule has 1 aromatic heterocycles. The highest BCUT2D eigenvalue weighted by molar-refractivity contribution is 9.11. The molecule has 0 unspecified atom stereocenters. The predicted octanol–water partition coefficient (Wildman–Crippen LogP) is 2.56. The van der Waals surface area contributed by atoms with Gasteiger partial charge in [-0.05, 0) is 52.2 Å². The van der Waals surface area contributed by atoms with Crippen molar-refractivity contribution in [3.05, 3.63) is 20.8 Å². The van der Waals surface area contributed by atoms with E-state index in [0.29, 0.717) is 0 Å². The molecular formula is C10H14BrNOS. The molecule has 1 aromatic rings. The zero-order valence-electron chi connectivity index (χ0n) is 7.96. The summed E-state index contributed by atoms with van der Waals surface area (Å²) in [6.07, 6.45) is 2.89. The van der Waals surface area contributed by atoms with Gasteiger partial charge in [0, 0.05) is 18.8 Å². The van der Waals surface area contributed by atoms with Gasteiger partial charge < -0.3 is 10.5 Å². The van der Waals surface area contributed by atoms with Crippen LogP contribution in [0.4, 0.5) is 0 Å². The zero-order chi connectivity index (χ0) is 10.0. The molecule has 2 heterocycles. The van der Waals surface area contributed by atoms with Gasteiger partial charge in [-0.2, -0.15) is 0 Å². The number of hydrogen-bond acceptors (Lipinski definition) is 3. The van der Waals surface area contributed by atoms with Crippen LogP contribution in [-0.4, -0.2) is 18.8 Å². The Balaban J connectivity index is 2.05. The van der Waals surface area contributed by atoms with E-state index in [4.69, 9.17) is 10.5 Å². The molecular weight excluding hydrogens is 262 g/mol. The minimum absolute atomic E-state index is 0.0537. The van der Waals surface area contributed by atoms with Crippen LogP contribution in [0.15, 0.2) is 15.2 Å². The number of hydrogen-bond donors (Lipinski definition) is 1. The largest absolute Gasteiger partial charge is 0.381 e. The highest BCUT2D eigenvalue weighted by Crippen LogP contribution is 2.29. The molecule has 1 saturated heterocycles. The minimum atomic E-state index is -0.0537. The first kappa shape index (κ1) is 10.6. The van der Waals surface area contributed by atoms with E-state index in [-0.39, 0.29) is 5.54 Å². The van der Waals surface area contributed by atoms with Gasteiger partial charge in [-0.15, -0.1) is 11.3 Å². The highest BCUT2D eigenvalue weighted by atomic mass is 79.9. The van der Waals surface area contributed by atoms with Crippen molar-refractivity contribution < 1.29 is 4.74 Å². The Bertz CT molecular complexity index is 307. The summed E-state index contributed by atoms with van der Waals surface area (Å²) in [5, 5.41) is 2.10. The van der Waals surface area contributed by atoms with Crippen molar-refractivity contribution in [2.75, 3.05) is 13.2 Å². The summed E-state index contributed by atoms with van der Waals surface area (Å²) < 4.78 is 6.54. The molecule has 0 aliphatic carbocycles. The standard InChI is InChI=1S/C10H14BrNOS/c11-9-8(1-6-14-9)7-10(12)2-4-13-5-3-10/h1,6H,2-5,7,12H2. The van der Waals surface area contributed by atoms with Crippen LogP contribution in [0.5, 0.6) is 0 Å². The van der Waals surface area contributed by atoms with Gasteiger partial charge in [-0.1, -0.05) is 0 Å². The molecule has 0 amide bonds. The van der Waals surface area contributed by atoms with Gasteiger partial charge in [-0.3, -0.25) is 0 Å². The summed E-state index contributed by atoms with van der Waals surface area (Å²) in [4.78, 5) is 0. The maximum atomic E-state index is 6.32. The van der Waals surface area contributed by atoms with Gasteiger partial charge >= 0.3 is 0 Å². The average Bonchev–Trinajstić information content (AvgIpc) is 2.52. The normalized spacial score (nSPS) is 21.0. The fraction of sp³-hybridized carbons (Fsp3) is 0.600. The monoisotopic (exact) mass is 275 g/mol. The number of thiophene rings is 1. The van der Waals surface area contributed by atoms with Crippen LogP contribution in [0.2, 0.25) is 0 Å². The Morgan fingerprint density at radius 2 is 2.21 bits per heavy atom. The molecule has 4 heteroatoms. The van der Waals surface area contributed by atoms with E-state index in [2.05, 4.69) is 27.4 Å². The molecule has 0 saturated carbocycles. The summed E-state index contributed by atoms with van der Waals surface area (Å²) in [6.45, 7) is 1.61. The van der Waals surface area contributed by atoms with E-state index in [9.17, 15) is 0 Å². The second-order valence-corrected chi connectivity index (χ2v) is 6.11. The van der Waals surface area contributed by atoms with Crippen molar-refractivity contribution in [3.8, 4) is 0 Å². The molecule has 0 radical (unpaired) electrons. The first-order valence-corrected chi connectivity index (χ1v) is 6.45. The van der Waals surface area contributed by atoms with Crippen LogP contribution < -0.4 is 5.73 Å². The fourth-order valence-corrected chi connectivity index (χ4v) is 3.02. The SMILES string of the molecule is NC1(Cc2ccsc2Br)CCOCC1. The van der Waals surface area contributed by atoms with Crippen molar-refractivity contribution in [1.82, 2.24) is 0 Å². The lowest BCUT2D eigenvalue weighted by atomic mass is 9.86. The van der Waals surface area contributed by atoms with E-state index in [1.807, 2.05) is 0 Å². The molecule has 2 rings (SSSR count). The summed E-state index contributed by atoms with van der Waals surface area (Å²) in [5.74, 6) is 0. The first-order chi connectivity index (χ1) is 6.70. The number of halogens is 1. The third kappa shape index (κ3) is 2.37. The maximum Gasteiger partial charge on any atom is 0.0731 e. The van der Waals surface area contributed by atoms with Gasteiger partial charge in [0.25, 0.3) is 0 Å². The van der Waals surface area contributed by atoms with E-state index in [1.165, 1.54) is 9.35 Å².